The van der Waals surface area contributed by atoms with Crippen molar-refractivity contribution in [3.63, 3.8) is 0 Å². The topological polar surface area (TPSA) is 54.4 Å². The maximum Gasteiger partial charge on any atom is 0.250 e. The monoisotopic (exact) mass is 423 g/mol. The summed E-state index contributed by atoms with van der Waals surface area (Å²) in [6.45, 7) is 0. The molecule has 24 heavy (non-hydrogen) atoms. The lowest BCUT2D eigenvalue weighted by atomic mass is 10.2. The van der Waals surface area contributed by atoms with E-state index >= 15 is 0 Å². The Bertz CT molecular complexity index is 880. The number of para-hydroxylation sites is 1. The van der Waals surface area contributed by atoms with Crippen molar-refractivity contribution in [2.24, 2.45) is 5.10 Å². The Morgan fingerprint density at radius 1 is 1.38 bits per heavy atom. The molecule has 3 aromatic rings. The molecule has 0 radical (unpaired) electrons. The van der Waals surface area contributed by atoms with Gasteiger partial charge in [0.15, 0.2) is 4.34 Å². The van der Waals surface area contributed by atoms with E-state index in [-0.39, 0.29) is 11.7 Å². The SMILES string of the molecule is O=C(CSc1nc2ccccc2s1)N/N=C/c1cc(Br)ccc1F. The smallest absolute Gasteiger partial charge is 0.250 e. The Labute approximate surface area is 154 Å². The summed E-state index contributed by atoms with van der Waals surface area (Å²) in [7, 11) is 0. The molecule has 8 heteroatoms. The van der Waals surface area contributed by atoms with Gasteiger partial charge in [-0.25, -0.2) is 14.8 Å². The second-order valence-electron chi connectivity index (χ2n) is 4.70. The van der Waals surface area contributed by atoms with Crippen molar-refractivity contribution >= 4 is 61.4 Å². The first-order valence-corrected chi connectivity index (χ1v) is 9.46. The first kappa shape index (κ1) is 17.1. The third-order valence-corrected chi connectivity index (χ3v) is 5.62. The van der Waals surface area contributed by atoms with Crippen LogP contribution in [0, 0.1) is 5.82 Å². The molecule has 0 unspecified atom stereocenters. The zero-order valence-electron chi connectivity index (χ0n) is 12.2. The molecule has 0 aliphatic heterocycles. The van der Waals surface area contributed by atoms with Crippen molar-refractivity contribution in [3.8, 4) is 0 Å². The predicted molar refractivity (Wildman–Crippen MR) is 100 cm³/mol. The predicted octanol–water partition coefficient (Wildman–Crippen LogP) is 4.44. The maximum atomic E-state index is 13.5. The second-order valence-corrected chi connectivity index (χ2v) is 7.86. The number of fused-ring (bicyclic) bond motifs is 1. The van der Waals surface area contributed by atoms with Crippen molar-refractivity contribution in [2.45, 2.75) is 4.34 Å². The van der Waals surface area contributed by atoms with E-state index in [2.05, 4.69) is 31.4 Å². The number of aromatic nitrogens is 1. The summed E-state index contributed by atoms with van der Waals surface area (Å²) >= 11 is 6.15. The molecule has 4 nitrogen and oxygen atoms in total. The number of benzene rings is 2. The summed E-state index contributed by atoms with van der Waals surface area (Å²) in [6, 6.07) is 12.3. The van der Waals surface area contributed by atoms with E-state index in [9.17, 15) is 9.18 Å². The Hall–Kier alpha value is -1.77. The highest BCUT2D eigenvalue weighted by Crippen LogP contribution is 2.28. The first-order chi connectivity index (χ1) is 11.6. The number of thioether (sulfide) groups is 1. The van der Waals surface area contributed by atoms with Crippen LogP contribution in [-0.2, 0) is 4.79 Å². The molecule has 1 aromatic heterocycles. The van der Waals surface area contributed by atoms with Gasteiger partial charge < -0.3 is 0 Å². The number of nitrogens with one attached hydrogen (secondary N) is 1. The molecule has 122 valence electrons. The standard InChI is InChI=1S/C16H11BrFN3OS2/c17-11-5-6-12(18)10(7-11)8-19-21-15(22)9-23-16-20-13-3-1-2-4-14(13)24-16/h1-8H,9H2,(H,21,22)/b19-8+. The van der Waals surface area contributed by atoms with Crippen molar-refractivity contribution in [1.29, 1.82) is 0 Å². The summed E-state index contributed by atoms with van der Waals surface area (Å²) in [6.07, 6.45) is 1.28. The normalized spacial score (nSPS) is 11.2. The summed E-state index contributed by atoms with van der Waals surface area (Å²) in [5, 5.41) is 3.78. The lowest BCUT2D eigenvalue weighted by molar-refractivity contribution is -0.118. The summed E-state index contributed by atoms with van der Waals surface area (Å²) in [5.41, 5.74) is 3.61. The van der Waals surface area contributed by atoms with Crippen LogP contribution >= 0.6 is 39.0 Å². The number of amides is 1. The van der Waals surface area contributed by atoms with Crippen molar-refractivity contribution < 1.29 is 9.18 Å². The molecule has 3 rings (SSSR count). The van der Waals surface area contributed by atoms with Crippen LogP contribution in [0.2, 0.25) is 0 Å². The van der Waals surface area contributed by atoms with Crippen molar-refractivity contribution in [3.05, 3.63) is 58.3 Å². The number of rotatable bonds is 5. The highest BCUT2D eigenvalue weighted by atomic mass is 79.9. The van der Waals surface area contributed by atoms with Crippen LogP contribution in [0.25, 0.3) is 10.2 Å². The molecule has 0 spiro atoms. The van der Waals surface area contributed by atoms with Crippen LogP contribution < -0.4 is 5.43 Å². The summed E-state index contributed by atoms with van der Waals surface area (Å²) in [5.74, 6) is -0.482. The van der Waals surface area contributed by atoms with Gasteiger partial charge >= 0.3 is 0 Å². The number of thiazole rings is 1. The number of carbonyl (C=O) groups is 1. The Balaban J connectivity index is 1.54. The van der Waals surface area contributed by atoms with Gasteiger partial charge in [-0.15, -0.1) is 11.3 Å². The van der Waals surface area contributed by atoms with Gasteiger partial charge in [-0.1, -0.05) is 39.8 Å². The molecule has 0 aliphatic carbocycles. The number of carbonyl (C=O) groups excluding carboxylic acids is 1. The molecule has 1 heterocycles. The lowest BCUT2D eigenvalue weighted by Crippen LogP contribution is -2.19. The Morgan fingerprint density at radius 3 is 3.04 bits per heavy atom. The number of halogens is 2. The van der Waals surface area contributed by atoms with Crippen LogP contribution in [0.3, 0.4) is 0 Å². The zero-order chi connectivity index (χ0) is 16.9. The molecule has 0 bridgehead atoms. The second kappa shape index (κ2) is 7.87. The quantitative estimate of drug-likeness (QED) is 0.374. The van der Waals surface area contributed by atoms with Gasteiger partial charge in [0.2, 0.25) is 0 Å². The molecule has 0 atom stereocenters. The molecule has 0 fully saturated rings. The van der Waals surface area contributed by atoms with Gasteiger partial charge in [-0.3, -0.25) is 4.79 Å². The van der Waals surface area contributed by atoms with Crippen LogP contribution in [0.5, 0.6) is 0 Å². The highest BCUT2D eigenvalue weighted by molar-refractivity contribution is 9.10. The van der Waals surface area contributed by atoms with E-state index in [4.69, 9.17) is 0 Å². The maximum absolute atomic E-state index is 13.5. The molecule has 0 aliphatic rings. The first-order valence-electron chi connectivity index (χ1n) is 6.87. The van der Waals surface area contributed by atoms with Crippen LogP contribution in [-0.4, -0.2) is 22.9 Å². The zero-order valence-corrected chi connectivity index (χ0v) is 15.4. The van der Waals surface area contributed by atoms with Gasteiger partial charge in [-0.05, 0) is 30.3 Å². The summed E-state index contributed by atoms with van der Waals surface area (Å²) < 4.78 is 16.2. The molecule has 0 saturated carbocycles. The fraction of sp³-hybridized carbons (Fsp3) is 0.0625. The van der Waals surface area contributed by atoms with E-state index in [1.807, 2.05) is 24.3 Å². The fourth-order valence-corrected chi connectivity index (χ4v) is 4.10. The fourth-order valence-electron chi connectivity index (χ4n) is 1.86. The molecule has 1 amide bonds. The molecule has 2 aromatic carbocycles. The van der Waals surface area contributed by atoms with E-state index in [1.165, 1.54) is 24.0 Å². The lowest BCUT2D eigenvalue weighted by Gasteiger charge is -1.99. The third kappa shape index (κ3) is 4.40. The minimum absolute atomic E-state index is 0.193. The minimum Gasteiger partial charge on any atom is -0.272 e. The molecule has 1 N–H and O–H groups in total. The third-order valence-electron chi connectivity index (χ3n) is 2.95. The Morgan fingerprint density at radius 2 is 2.21 bits per heavy atom. The summed E-state index contributed by atoms with van der Waals surface area (Å²) in [4.78, 5) is 16.2. The largest absolute Gasteiger partial charge is 0.272 e. The van der Waals surface area contributed by atoms with E-state index < -0.39 is 5.82 Å². The van der Waals surface area contributed by atoms with Crippen LogP contribution in [0.15, 0.2) is 56.4 Å². The van der Waals surface area contributed by atoms with Crippen molar-refractivity contribution in [1.82, 2.24) is 10.4 Å². The van der Waals surface area contributed by atoms with Crippen LogP contribution in [0.4, 0.5) is 4.39 Å². The van der Waals surface area contributed by atoms with E-state index in [0.29, 0.717) is 5.56 Å². The number of hydrogen-bond donors (Lipinski definition) is 1. The van der Waals surface area contributed by atoms with Gasteiger partial charge in [0, 0.05) is 10.0 Å². The van der Waals surface area contributed by atoms with Gasteiger partial charge in [-0.2, -0.15) is 5.10 Å². The number of hydrazone groups is 1. The Kier molecular flexibility index (Phi) is 5.60. The average molecular weight is 424 g/mol. The molecular weight excluding hydrogens is 413 g/mol. The molecular formula is C16H11BrFN3OS2. The number of hydrogen-bond acceptors (Lipinski definition) is 5. The molecule has 0 saturated heterocycles. The van der Waals surface area contributed by atoms with Crippen LogP contribution in [0.1, 0.15) is 5.56 Å². The van der Waals surface area contributed by atoms with E-state index in [1.54, 1.807) is 23.5 Å². The van der Waals surface area contributed by atoms with Gasteiger partial charge in [0.1, 0.15) is 5.82 Å². The number of nitrogens with zero attached hydrogens (tertiary/aromatic N) is 2. The van der Waals surface area contributed by atoms with Gasteiger partial charge in [0.25, 0.3) is 5.91 Å². The highest BCUT2D eigenvalue weighted by Gasteiger charge is 2.07. The van der Waals surface area contributed by atoms with Gasteiger partial charge in [0.05, 0.1) is 22.2 Å². The van der Waals surface area contributed by atoms with Crippen molar-refractivity contribution in [2.75, 3.05) is 5.75 Å². The average Bonchev–Trinajstić information content (AvgIpc) is 2.99. The minimum atomic E-state index is -0.403. The van der Waals surface area contributed by atoms with E-state index in [0.717, 1.165) is 19.0 Å².